The van der Waals surface area contributed by atoms with Crippen LogP contribution >= 0.6 is 27.3 Å². The van der Waals surface area contributed by atoms with Crippen molar-refractivity contribution in [3.05, 3.63) is 15.4 Å². The van der Waals surface area contributed by atoms with Gasteiger partial charge in [0.2, 0.25) is 10.0 Å². The van der Waals surface area contributed by atoms with Gasteiger partial charge in [-0.3, -0.25) is 0 Å². The summed E-state index contributed by atoms with van der Waals surface area (Å²) in [4.78, 5) is 0. The van der Waals surface area contributed by atoms with Crippen LogP contribution in [0.5, 0.6) is 0 Å². The molecule has 0 spiro atoms. The van der Waals surface area contributed by atoms with E-state index in [2.05, 4.69) is 26.0 Å². The highest BCUT2D eigenvalue weighted by atomic mass is 79.9. The number of hydrogen-bond donors (Lipinski definition) is 2. The molecule has 1 aliphatic heterocycles. The maximum absolute atomic E-state index is 12.0. The highest BCUT2D eigenvalue weighted by Gasteiger charge is 2.21. The molecule has 1 aromatic rings. The minimum atomic E-state index is -3.34. The van der Waals surface area contributed by atoms with E-state index >= 15 is 0 Å². The van der Waals surface area contributed by atoms with Gasteiger partial charge in [-0.2, -0.15) is 0 Å². The van der Waals surface area contributed by atoms with Gasteiger partial charge in [-0.15, -0.1) is 11.3 Å². The van der Waals surface area contributed by atoms with Crippen molar-refractivity contribution in [1.29, 1.82) is 0 Å². The van der Waals surface area contributed by atoms with Crippen LogP contribution in [-0.2, 0) is 10.0 Å². The Bertz CT molecular complexity index is 473. The van der Waals surface area contributed by atoms with Crippen molar-refractivity contribution in [2.45, 2.75) is 17.6 Å². The van der Waals surface area contributed by atoms with E-state index in [1.54, 1.807) is 6.07 Å². The van der Waals surface area contributed by atoms with Gasteiger partial charge in [0, 0.05) is 6.54 Å². The van der Waals surface area contributed by atoms with Crippen LogP contribution in [-0.4, -0.2) is 28.1 Å². The predicted molar refractivity (Wildman–Crippen MR) is 72.9 cm³/mol. The summed E-state index contributed by atoms with van der Waals surface area (Å²) < 4.78 is 28.0. The van der Waals surface area contributed by atoms with E-state index in [1.165, 1.54) is 11.3 Å². The van der Waals surface area contributed by atoms with Crippen molar-refractivity contribution in [3.63, 3.8) is 0 Å². The number of rotatable bonds is 4. The number of hydrogen-bond acceptors (Lipinski definition) is 4. The second kappa shape index (κ2) is 5.36. The fourth-order valence-electron chi connectivity index (χ4n) is 1.75. The minimum absolute atomic E-state index is 0.382. The SMILES string of the molecule is Cc1cc(S(=O)(=O)NCC2CCNC2)sc1Br. The molecule has 7 heteroatoms. The summed E-state index contributed by atoms with van der Waals surface area (Å²) in [5, 5.41) is 3.22. The number of halogens is 1. The Balaban J connectivity index is 2.03. The van der Waals surface area contributed by atoms with Gasteiger partial charge in [0.15, 0.2) is 0 Å². The van der Waals surface area contributed by atoms with Gasteiger partial charge < -0.3 is 5.32 Å². The molecule has 1 atom stereocenters. The molecule has 96 valence electrons. The average Bonchev–Trinajstić information content (AvgIpc) is 2.87. The standard InChI is InChI=1S/C10H15BrN2O2S2/c1-7-4-9(16-10(7)11)17(14,15)13-6-8-2-3-12-5-8/h4,8,12-13H,2-3,5-6H2,1H3. The van der Waals surface area contributed by atoms with Crippen molar-refractivity contribution < 1.29 is 8.42 Å². The lowest BCUT2D eigenvalue weighted by Crippen LogP contribution is -2.29. The van der Waals surface area contributed by atoms with Crippen molar-refractivity contribution in [1.82, 2.24) is 10.0 Å². The van der Waals surface area contributed by atoms with Crippen LogP contribution in [0.2, 0.25) is 0 Å². The van der Waals surface area contributed by atoms with Crippen LogP contribution in [0, 0.1) is 12.8 Å². The molecule has 2 rings (SSSR count). The summed E-state index contributed by atoms with van der Waals surface area (Å²) in [7, 11) is -3.34. The summed E-state index contributed by atoms with van der Waals surface area (Å²) in [5.41, 5.74) is 0.956. The molecular formula is C10H15BrN2O2S2. The summed E-state index contributed by atoms with van der Waals surface area (Å²) in [6.07, 6.45) is 1.04. The van der Waals surface area contributed by atoms with Crippen molar-refractivity contribution in [3.8, 4) is 0 Å². The first-order valence-corrected chi connectivity index (χ1v) is 8.54. The first-order valence-electron chi connectivity index (χ1n) is 5.45. The lowest BCUT2D eigenvalue weighted by atomic mass is 10.1. The molecule has 0 saturated carbocycles. The van der Waals surface area contributed by atoms with Gasteiger partial charge >= 0.3 is 0 Å². The van der Waals surface area contributed by atoms with Crippen LogP contribution in [0.25, 0.3) is 0 Å². The van der Waals surface area contributed by atoms with Gasteiger partial charge in [0.05, 0.1) is 3.79 Å². The molecule has 1 aromatic heterocycles. The summed E-state index contributed by atoms with van der Waals surface area (Å²) in [6, 6.07) is 1.70. The largest absolute Gasteiger partial charge is 0.316 e. The van der Waals surface area contributed by atoms with Crippen molar-refractivity contribution in [2.75, 3.05) is 19.6 Å². The predicted octanol–water partition coefficient (Wildman–Crippen LogP) is 1.71. The Morgan fingerprint density at radius 1 is 1.65 bits per heavy atom. The molecule has 0 aromatic carbocycles. The first-order chi connectivity index (χ1) is 7.99. The molecule has 1 aliphatic rings. The van der Waals surface area contributed by atoms with E-state index in [4.69, 9.17) is 0 Å². The monoisotopic (exact) mass is 338 g/mol. The molecule has 1 fully saturated rings. The molecule has 2 N–H and O–H groups in total. The zero-order chi connectivity index (χ0) is 12.5. The lowest BCUT2D eigenvalue weighted by molar-refractivity contribution is 0.540. The van der Waals surface area contributed by atoms with E-state index in [9.17, 15) is 8.42 Å². The number of sulfonamides is 1. The number of nitrogens with one attached hydrogen (secondary N) is 2. The Morgan fingerprint density at radius 2 is 2.41 bits per heavy atom. The van der Waals surface area contributed by atoms with Crippen LogP contribution in [0.3, 0.4) is 0 Å². The van der Waals surface area contributed by atoms with Crippen LogP contribution in [0.1, 0.15) is 12.0 Å². The van der Waals surface area contributed by atoms with E-state index in [0.29, 0.717) is 16.7 Å². The van der Waals surface area contributed by atoms with E-state index in [-0.39, 0.29) is 0 Å². The van der Waals surface area contributed by atoms with E-state index in [1.807, 2.05) is 6.92 Å². The van der Waals surface area contributed by atoms with E-state index in [0.717, 1.165) is 28.9 Å². The minimum Gasteiger partial charge on any atom is -0.316 e. The number of thiophene rings is 1. The van der Waals surface area contributed by atoms with Gasteiger partial charge in [0.1, 0.15) is 4.21 Å². The fourth-order valence-corrected chi connectivity index (χ4v) is 5.14. The van der Waals surface area contributed by atoms with Crippen molar-refractivity contribution in [2.24, 2.45) is 5.92 Å². The van der Waals surface area contributed by atoms with Crippen LogP contribution in [0.4, 0.5) is 0 Å². The lowest BCUT2D eigenvalue weighted by Gasteiger charge is -2.09. The maximum atomic E-state index is 12.0. The Kier molecular flexibility index (Phi) is 4.25. The third kappa shape index (κ3) is 3.29. The van der Waals surface area contributed by atoms with Crippen LogP contribution in [0.15, 0.2) is 14.1 Å². The molecule has 0 bridgehead atoms. The highest BCUT2D eigenvalue weighted by Crippen LogP contribution is 2.30. The third-order valence-electron chi connectivity index (χ3n) is 2.82. The maximum Gasteiger partial charge on any atom is 0.250 e. The van der Waals surface area contributed by atoms with Crippen molar-refractivity contribution >= 4 is 37.3 Å². The van der Waals surface area contributed by atoms with E-state index < -0.39 is 10.0 Å². The summed E-state index contributed by atoms with van der Waals surface area (Å²) >= 11 is 4.60. The average molecular weight is 339 g/mol. The molecule has 0 amide bonds. The Hall–Kier alpha value is 0.0500. The zero-order valence-corrected chi connectivity index (χ0v) is 12.7. The van der Waals surface area contributed by atoms with Gasteiger partial charge in [-0.05, 0) is 59.9 Å². The second-order valence-corrected chi connectivity index (χ2v) is 8.60. The molecular weight excluding hydrogens is 324 g/mol. The zero-order valence-electron chi connectivity index (χ0n) is 9.49. The normalized spacial score (nSPS) is 20.9. The van der Waals surface area contributed by atoms with Gasteiger partial charge in [0.25, 0.3) is 0 Å². The number of aryl methyl sites for hydroxylation is 1. The molecule has 1 unspecified atom stereocenters. The molecule has 2 heterocycles. The van der Waals surface area contributed by atoms with Gasteiger partial charge in [-0.25, -0.2) is 13.1 Å². The Morgan fingerprint density at radius 3 is 2.94 bits per heavy atom. The fraction of sp³-hybridized carbons (Fsp3) is 0.600. The molecule has 0 radical (unpaired) electrons. The third-order valence-corrected chi connectivity index (χ3v) is 6.86. The first kappa shape index (κ1) is 13.5. The summed E-state index contributed by atoms with van der Waals surface area (Å²) in [5.74, 6) is 0.411. The molecule has 0 aliphatic carbocycles. The second-order valence-electron chi connectivity index (χ2n) is 4.23. The Labute approximate surface area is 114 Å². The summed E-state index contributed by atoms with van der Waals surface area (Å²) in [6.45, 7) is 4.29. The van der Waals surface area contributed by atoms with Crippen LogP contribution < -0.4 is 10.0 Å². The highest BCUT2D eigenvalue weighted by molar-refractivity contribution is 9.11. The van der Waals surface area contributed by atoms with Gasteiger partial charge in [-0.1, -0.05) is 0 Å². The quantitative estimate of drug-likeness (QED) is 0.878. The molecule has 1 saturated heterocycles. The smallest absolute Gasteiger partial charge is 0.250 e. The molecule has 4 nitrogen and oxygen atoms in total. The molecule has 17 heavy (non-hydrogen) atoms. The topological polar surface area (TPSA) is 58.2 Å².